The van der Waals surface area contributed by atoms with Crippen molar-refractivity contribution < 1.29 is 27.8 Å². The second-order valence-electron chi connectivity index (χ2n) is 4.73. The summed E-state index contributed by atoms with van der Waals surface area (Å²) in [6.07, 6.45) is -3.92. The van der Waals surface area contributed by atoms with Gasteiger partial charge in [-0.05, 0) is 12.8 Å². The van der Waals surface area contributed by atoms with Gasteiger partial charge in [0, 0.05) is 12.8 Å². The Balaban J connectivity index is 1.79. The van der Waals surface area contributed by atoms with Gasteiger partial charge >= 0.3 is 12.1 Å². The Hall–Kier alpha value is -1.29. The maximum Gasteiger partial charge on any atom is 0.451 e. The van der Waals surface area contributed by atoms with E-state index in [0.717, 1.165) is 29.2 Å². The molecule has 0 aromatic carbocycles. The summed E-state index contributed by atoms with van der Waals surface area (Å²) in [5.74, 6) is -1.43. The van der Waals surface area contributed by atoms with Gasteiger partial charge < -0.3 is 14.4 Å². The second-order valence-corrected chi connectivity index (χ2v) is 5.72. The van der Waals surface area contributed by atoms with Crippen LogP contribution in [-0.2, 0) is 22.8 Å². The number of carbonyl (C=O) groups excluding carboxylic acids is 1. The first-order chi connectivity index (χ1) is 9.79. The average molecular weight is 325 g/mol. The zero-order valence-electron chi connectivity index (χ0n) is 11.1. The largest absolute Gasteiger partial charge is 0.463 e. The molecule has 1 N–H and O–H groups in total. The number of nitrogens with zero attached hydrogens (tertiary/aromatic N) is 3. The van der Waals surface area contributed by atoms with Crippen LogP contribution >= 0.6 is 11.8 Å². The highest BCUT2D eigenvalue weighted by Gasteiger charge is 2.37. The molecule has 1 saturated carbocycles. The summed E-state index contributed by atoms with van der Waals surface area (Å²) >= 11 is 0.916. The lowest BCUT2D eigenvalue weighted by atomic mass is 10.4. The number of alkyl halides is 3. The number of ether oxygens (including phenoxy) is 1. The quantitative estimate of drug-likeness (QED) is 0.626. The number of hydrogen-bond acceptors (Lipinski definition) is 6. The fourth-order valence-electron chi connectivity index (χ4n) is 1.52. The molecule has 0 radical (unpaired) electrons. The third-order valence-electron chi connectivity index (χ3n) is 2.82. The van der Waals surface area contributed by atoms with E-state index in [9.17, 15) is 23.1 Å². The van der Waals surface area contributed by atoms with Gasteiger partial charge in [-0.15, -0.1) is 10.2 Å². The van der Waals surface area contributed by atoms with Crippen molar-refractivity contribution in [3.63, 3.8) is 0 Å². The van der Waals surface area contributed by atoms with Crippen molar-refractivity contribution in [1.29, 1.82) is 0 Å². The standard InChI is InChI=1S/C11H14F3N3O3S/c1-17-9(11(12,13)14)15-16-10(17)21-5-7(18)4-20-8(19)6-2-3-6/h6-7,18H,2-5H2,1H3. The molecule has 6 nitrogen and oxygen atoms in total. The number of rotatable bonds is 6. The summed E-state index contributed by atoms with van der Waals surface area (Å²) in [7, 11) is 1.20. The molecular weight excluding hydrogens is 311 g/mol. The molecule has 1 atom stereocenters. The zero-order valence-corrected chi connectivity index (χ0v) is 11.9. The molecule has 1 fully saturated rings. The minimum absolute atomic E-state index is 0.0369. The first kappa shape index (κ1) is 16.1. The van der Waals surface area contributed by atoms with Crippen LogP contribution in [0.4, 0.5) is 13.2 Å². The monoisotopic (exact) mass is 325 g/mol. The molecule has 1 heterocycles. The lowest BCUT2D eigenvalue weighted by Crippen LogP contribution is -2.21. The molecule has 0 amide bonds. The van der Waals surface area contributed by atoms with Crippen LogP contribution in [0.1, 0.15) is 18.7 Å². The van der Waals surface area contributed by atoms with Crippen molar-refractivity contribution in [3.05, 3.63) is 5.82 Å². The first-order valence-corrected chi connectivity index (χ1v) is 7.21. The number of aliphatic hydroxyl groups excluding tert-OH is 1. The van der Waals surface area contributed by atoms with E-state index in [1.165, 1.54) is 7.05 Å². The molecule has 1 aliphatic carbocycles. The van der Waals surface area contributed by atoms with Crippen molar-refractivity contribution in [1.82, 2.24) is 14.8 Å². The van der Waals surface area contributed by atoms with Crippen molar-refractivity contribution in [3.8, 4) is 0 Å². The number of aromatic nitrogens is 3. The van der Waals surface area contributed by atoms with Crippen molar-refractivity contribution in [2.24, 2.45) is 13.0 Å². The maximum absolute atomic E-state index is 12.5. The summed E-state index contributed by atoms with van der Waals surface area (Å²) < 4.78 is 43.2. The lowest BCUT2D eigenvalue weighted by molar-refractivity contribution is -0.148. The summed E-state index contributed by atoms with van der Waals surface area (Å²) in [4.78, 5) is 11.3. The minimum Gasteiger partial charge on any atom is -0.463 e. The van der Waals surface area contributed by atoms with E-state index in [4.69, 9.17) is 4.74 Å². The van der Waals surface area contributed by atoms with Crippen LogP contribution in [0.5, 0.6) is 0 Å². The van der Waals surface area contributed by atoms with Crippen LogP contribution in [0.3, 0.4) is 0 Å². The minimum atomic E-state index is -4.57. The molecule has 1 aromatic rings. The molecule has 0 spiro atoms. The average Bonchev–Trinajstić information content (AvgIpc) is 3.16. The van der Waals surface area contributed by atoms with Crippen LogP contribution in [0.15, 0.2) is 5.16 Å². The molecule has 2 rings (SSSR count). The number of halogens is 3. The predicted molar refractivity (Wildman–Crippen MR) is 66.4 cm³/mol. The number of aliphatic hydroxyl groups is 1. The van der Waals surface area contributed by atoms with Gasteiger partial charge in [0.2, 0.25) is 5.82 Å². The Bertz CT molecular complexity index is 517. The summed E-state index contributed by atoms with van der Waals surface area (Å²) in [6.45, 7) is -0.174. The third-order valence-corrected chi connectivity index (χ3v) is 3.99. The highest BCUT2D eigenvalue weighted by atomic mass is 32.2. The fourth-order valence-corrected chi connectivity index (χ4v) is 2.34. The summed E-state index contributed by atoms with van der Waals surface area (Å²) in [5, 5.41) is 16.2. The predicted octanol–water partition coefficient (Wildman–Crippen LogP) is 1.24. The summed E-state index contributed by atoms with van der Waals surface area (Å²) in [5.41, 5.74) is 0. The Kier molecular flexibility index (Phi) is 4.77. The van der Waals surface area contributed by atoms with Crippen LogP contribution in [-0.4, -0.2) is 44.3 Å². The third kappa shape index (κ3) is 4.34. The van der Waals surface area contributed by atoms with Gasteiger partial charge in [0.05, 0.1) is 12.0 Å². The van der Waals surface area contributed by atoms with Crippen LogP contribution in [0.25, 0.3) is 0 Å². The van der Waals surface area contributed by atoms with Crippen molar-refractivity contribution >= 4 is 17.7 Å². The molecular formula is C11H14F3N3O3S. The molecule has 118 valence electrons. The number of hydrogen-bond donors (Lipinski definition) is 1. The van der Waals surface area contributed by atoms with Crippen LogP contribution < -0.4 is 0 Å². The SMILES string of the molecule is Cn1c(SCC(O)COC(=O)C2CC2)nnc1C(F)(F)F. The van der Waals surface area contributed by atoms with Gasteiger partial charge in [-0.3, -0.25) is 4.79 Å². The smallest absolute Gasteiger partial charge is 0.451 e. The van der Waals surface area contributed by atoms with E-state index < -0.39 is 18.1 Å². The molecule has 10 heteroatoms. The van der Waals surface area contributed by atoms with Crippen molar-refractivity contribution in [2.75, 3.05) is 12.4 Å². The topological polar surface area (TPSA) is 77.2 Å². The van der Waals surface area contributed by atoms with E-state index in [0.29, 0.717) is 0 Å². The summed E-state index contributed by atoms with van der Waals surface area (Å²) in [6, 6.07) is 0. The van der Waals surface area contributed by atoms with Crippen LogP contribution in [0, 0.1) is 5.92 Å². The Labute approximate surface area is 122 Å². The van der Waals surface area contributed by atoms with E-state index in [2.05, 4.69) is 10.2 Å². The van der Waals surface area contributed by atoms with Gasteiger partial charge in [-0.1, -0.05) is 11.8 Å². The van der Waals surface area contributed by atoms with Gasteiger partial charge in [-0.2, -0.15) is 13.2 Å². The molecule has 1 aliphatic rings. The Morgan fingerprint density at radius 1 is 1.52 bits per heavy atom. The number of thioether (sulfide) groups is 1. The molecule has 21 heavy (non-hydrogen) atoms. The Morgan fingerprint density at radius 2 is 2.19 bits per heavy atom. The van der Waals surface area contributed by atoms with Gasteiger partial charge in [0.1, 0.15) is 6.61 Å². The number of carbonyl (C=O) groups is 1. The molecule has 0 bridgehead atoms. The molecule has 0 saturated heterocycles. The van der Waals surface area contributed by atoms with Crippen molar-refractivity contribution in [2.45, 2.75) is 30.3 Å². The maximum atomic E-state index is 12.5. The highest BCUT2D eigenvalue weighted by molar-refractivity contribution is 7.99. The zero-order chi connectivity index (χ0) is 15.6. The lowest BCUT2D eigenvalue weighted by Gasteiger charge is -2.11. The van der Waals surface area contributed by atoms with E-state index in [1.54, 1.807) is 0 Å². The first-order valence-electron chi connectivity index (χ1n) is 6.23. The highest BCUT2D eigenvalue weighted by Crippen LogP contribution is 2.31. The fraction of sp³-hybridized carbons (Fsp3) is 0.727. The van der Waals surface area contributed by atoms with E-state index in [-0.39, 0.29) is 29.4 Å². The second kappa shape index (κ2) is 6.22. The Morgan fingerprint density at radius 3 is 2.71 bits per heavy atom. The van der Waals surface area contributed by atoms with Gasteiger partial charge in [0.25, 0.3) is 0 Å². The normalized spacial score (nSPS) is 16.8. The molecule has 0 aliphatic heterocycles. The molecule has 1 unspecified atom stereocenters. The van der Waals surface area contributed by atoms with Gasteiger partial charge in [-0.25, -0.2) is 0 Å². The number of esters is 1. The van der Waals surface area contributed by atoms with E-state index in [1.807, 2.05) is 0 Å². The van der Waals surface area contributed by atoms with Crippen LogP contribution in [0.2, 0.25) is 0 Å². The molecule has 1 aromatic heterocycles. The van der Waals surface area contributed by atoms with Gasteiger partial charge in [0.15, 0.2) is 5.16 Å². The van der Waals surface area contributed by atoms with E-state index >= 15 is 0 Å².